The third-order valence-electron chi connectivity index (χ3n) is 1.94. The minimum Gasteiger partial charge on any atom is -0.468 e. The molecule has 16 heavy (non-hydrogen) atoms. The third-order valence-corrected chi connectivity index (χ3v) is 2.82. The zero-order valence-corrected chi connectivity index (χ0v) is 9.80. The predicted molar refractivity (Wildman–Crippen MR) is 58.3 cm³/mol. The Hall–Kier alpha value is -1.63. The summed E-state index contributed by atoms with van der Waals surface area (Å²) >= 11 is 1.04. The second-order valence-corrected chi connectivity index (χ2v) is 3.90. The average Bonchev–Trinajstić information content (AvgIpc) is 2.57. The predicted octanol–water partition coefficient (Wildman–Crippen LogP) is -0.493. The lowest BCUT2D eigenvalue weighted by molar-refractivity contribution is -0.141. The van der Waals surface area contributed by atoms with Gasteiger partial charge in [-0.15, -0.1) is 0 Å². The van der Waals surface area contributed by atoms with Crippen molar-refractivity contribution in [3.05, 3.63) is 20.7 Å². The molecule has 88 valence electrons. The van der Waals surface area contributed by atoms with Gasteiger partial charge in [0.15, 0.2) is 0 Å². The summed E-state index contributed by atoms with van der Waals surface area (Å²) in [5.74, 6) is -0.920. The highest BCUT2D eigenvalue weighted by Gasteiger charge is 2.09. The van der Waals surface area contributed by atoms with E-state index in [1.54, 1.807) is 12.3 Å². The van der Waals surface area contributed by atoms with Gasteiger partial charge in [-0.05, 0) is 6.92 Å². The zero-order chi connectivity index (χ0) is 12.1. The number of ether oxygens (including phenoxy) is 1. The summed E-state index contributed by atoms with van der Waals surface area (Å²) in [6, 6.07) is 0. The molecule has 0 aliphatic rings. The molecular formula is C9H12N2O4S. The van der Waals surface area contributed by atoms with E-state index in [1.807, 2.05) is 0 Å². The van der Waals surface area contributed by atoms with E-state index >= 15 is 0 Å². The van der Waals surface area contributed by atoms with E-state index in [0.717, 1.165) is 17.0 Å². The molecule has 0 radical (unpaired) electrons. The van der Waals surface area contributed by atoms with Crippen LogP contribution in [0.2, 0.25) is 0 Å². The van der Waals surface area contributed by atoms with Crippen LogP contribution in [0.25, 0.3) is 0 Å². The van der Waals surface area contributed by atoms with Crippen molar-refractivity contribution >= 4 is 23.2 Å². The van der Waals surface area contributed by atoms with Crippen LogP contribution in [-0.2, 0) is 20.9 Å². The van der Waals surface area contributed by atoms with Crippen LogP contribution in [0.3, 0.4) is 0 Å². The zero-order valence-electron chi connectivity index (χ0n) is 8.98. The Morgan fingerprint density at radius 1 is 1.56 bits per heavy atom. The third kappa shape index (κ3) is 3.20. The number of amides is 1. The van der Waals surface area contributed by atoms with Crippen LogP contribution in [0, 0.1) is 6.92 Å². The minimum atomic E-state index is -0.525. The molecule has 1 aromatic heterocycles. The van der Waals surface area contributed by atoms with Gasteiger partial charge in [-0.1, -0.05) is 11.3 Å². The molecule has 0 spiro atoms. The largest absolute Gasteiger partial charge is 0.468 e. The molecule has 0 aliphatic heterocycles. The van der Waals surface area contributed by atoms with Crippen molar-refractivity contribution in [2.45, 2.75) is 13.5 Å². The summed E-state index contributed by atoms with van der Waals surface area (Å²) in [6.07, 6.45) is 0. The Kier molecular flexibility index (Phi) is 4.24. The van der Waals surface area contributed by atoms with E-state index in [9.17, 15) is 14.4 Å². The van der Waals surface area contributed by atoms with Crippen LogP contribution in [0.1, 0.15) is 5.69 Å². The molecule has 1 amide bonds. The van der Waals surface area contributed by atoms with Gasteiger partial charge in [0.2, 0.25) is 5.91 Å². The molecular weight excluding hydrogens is 232 g/mol. The second-order valence-electron chi connectivity index (χ2n) is 3.08. The number of nitrogens with zero attached hydrogens (tertiary/aromatic N) is 1. The van der Waals surface area contributed by atoms with E-state index in [1.165, 1.54) is 11.7 Å². The van der Waals surface area contributed by atoms with Crippen molar-refractivity contribution in [1.29, 1.82) is 0 Å². The lowest BCUT2D eigenvalue weighted by Crippen LogP contribution is -2.34. The van der Waals surface area contributed by atoms with Crippen LogP contribution < -0.4 is 10.2 Å². The fourth-order valence-corrected chi connectivity index (χ4v) is 1.77. The van der Waals surface area contributed by atoms with Gasteiger partial charge in [-0.3, -0.25) is 19.0 Å². The minimum absolute atomic E-state index is 0.0782. The standard InChI is InChI=1S/C9H12N2O4S/c1-6-5-16-9(14)11(6)4-7(12)10-3-8(13)15-2/h5H,3-4H2,1-2H3,(H,10,12). The molecule has 0 bridgehead atoms. The summed E-state index contributed by atoms with van der Waals surface area (Å²) < 4.78 is 5.71. The first-order valence-electron chi connectivity index (χ1n) is 4.53. The van der Waals surface area contributed by atoms with Crippen LogP contribution in [0.4, 0.5) is 0 Å². The first kappa shape index (κ1) is 12.4. The van der Waals surface area contributed by atoms with Crippen LogP contribution in [0.5, 0.6) is 0 Å². The number of hydrogen-bond donors (Lipinski definition) is 1. The molecule has 0 unspecified atom stereocenters. The van der Waals surface area contributed by atoms with Crippen molar-refractivity contribution in [2.75, 3.05) is 13.7 Å². The molecule has 1 aromatic rings. The van der Waals surface area contributed by atoms with Crippen LogP contribution in [0.15, 0.2) is 10.2 Å². The Bertz CT molecular complexity index is 449. The van der Waals surface area contributed by atoms with E-state index < -0.39 is 11.9 Å². The van der Waals surface area contributed by atoms with Crippen molar-refractivity contribution in [3.8, 4) is 0 Å². The first-order valence-corrected chi connectivity index (χ1v) is 5.41. The summed E-state index contributed by atoms with van der Waals surface area (Å²) in [7, 11) is 1.24. The van der Waals surface area contributed by atoms with Gasteiger partial charge in [-0.25, -0.2) is 0 Å². The molecule has 0 saturated carbocycles. The van der Waals surface area contributed by atoms with E-state index in [-0.39, 0.29) is 18.0 Å². The monoisotopic (exact) mass is 244 g/mol. The number of carbonyl (C=O) groups is 2. The number of thiazole rings is 1. The quantitative estimate of drug-likeness (QED) is 0.725. The molecule has 0 aliphatic carbocycles. The van der Waals surface area contributed by atoms with E-state index in [0.29, 0.717) is 0 Å². The maximum Gasteiger partial charge on any atom is 0.325 e. The normalized spacial score (nSPS) is 9.88. The summed E-state index contributed by atoms with van der Waals surface area (Å²) in [5.41, 5.74) is 0.725. The van der Waals surface area contributed by atoms with Gasteiger partial charge in [0, 0.05) is 11.1 Å². The Balaban J connectivity index is 2.52. The van der Waals surface area contributed by atoms with E-state index in [2.05, 4.69) is 10.1 Å². The molecule has 0 aromatic carbocycles. The van der Waals surface area contributed by atoms with Gasteiger partial charge in [-0.2, -0.15) is 0 Å². The molecule has 7 heteroatoms. The van der Waals surface area contributed by atoms with Gasteiger partial charge in [0.1, 0.15) is 13.1 Å². The maximum atomic E-state index is 11.4. The molecule has 1 N–H and O–H groups in total. The number of esters is 1. The number of aromatic nitrogens is 1. The molecule has 6 nitrogen and oxygen atoms in total. The number of aryl methyl sites for hydroxylation is 1. The number of nitrogens with one attached hydrogen (secondary N) is 1. The number of rotatable bonds is 4. The Morgan fingerprint density at radius 3 is 2.75 bits per heavy atom. The molecule has 1 rings (SSSR count). The molecule has 1 heterocycles. The fraction of sp³-hybridized carbons (Fsp3) is 0.444. The van der Waals surface area contributed by atoms with Gasteiger partial charge in [0.25, 0.3) is 0 Å². The number of carbonyl (C=O) groups excluding carboxylic acids is 2. The summed E-state index contributed by atoms with van der Waals surface area (Å²) in [4.78, 5) is 33.2. The molecule has 0 fully saturated rings. The van der Waals surface area contributed by atoms with Crippen molar-refractivity contribution in [2.24, 2.45) is 0 Å². The Morgan fingerprint density at radius 2 is 2.25 bits per heavy atom. The topological polar surface area (TPSA) is 77.4 Å². The average molecular weight is 244 g/mol. The van der Waals surface area contributed by atoms with Crippen LogP contribution >= 0.6 is 11.3 Å². The van der Waals surface area contributed by atoms with Gasteiger partial charge < -0.3 is 10.1 Å². The molecule has 0 atom stereocenters. The SMILES string of the molecule is COC(=O)CNC(=O)Cn1c(C)csc1=O. The maximum absolute atomic E-state index is 11.4. The van der Waals surface area contributed by atoms with Crippen molar-refractivity contribution in [1.82, 2.24) is 9.88 Å². The lowest BCUT2D eigenvalue weighted by atomic mass is 10.5. The van der Waals surface area contributed by atoms with Gasteiger partial charge >= 0.3 is 10.8 Å². The smallest absolute Gasteiger partial charge is 0.325 e. The van der Waals surface area contributed by atoms with Gasteiger partial charge in [0.05, 0.1) is 7.11 Å². The van der Waals surface area contributed by atoms with Crippen molar-refractivity contribution in [3.63, 3.8) is 0 Å². The summed E-state index contributed by atoms with van der Waals surface area (Å²) in [6.45, 7) is 1.48. The lowest BCUT2D eigenvalue weighted by Gasteiger charge is -2.05. The highest BCUT2D eigenvalue weighted by molar-refractivity contribution is 7.07. The van der Waals surface area contributed by atoms with Crippen LogP contribution in [-0.4, -0.2) is 30.1 Å². The number of methoxy groups -OCH3 is 1. The van der Waals surface area contributed by atoms with E-state index in [4.69, 9.17) is 0 Å². The first-order chi connectivity index (χ1) is 7.54. The fourth-order valence-electron chi connectivity index (χ4n) is 1.04. The Labute approximate surface area is 95.8 Å². The highest BCUT2D eigenvalue weighted by Crippen LogP contribution is 1.98. The van der Waals surface area contributed by atoms with Crippen molar-refractivity contribution < 1.29 is 14.3 Å². The number of hydrogen-bond acceptors (Lipinski definition) is 5. The second kappa shape index (κ2) is 5.45. The molecule has 0 saturated heterocycles. The highest BCUT2D eigenvalue weighted by atomic mass is 32.1. The summed E-state index contributed by atoms with van der Waals surface area (Å²) in [5, 5.41) is 4.03.